The van der Waals surface area contributed by atoms with E-state index in [1.54, 1.807) is 6.07 Å². The fraction of sp³-hybridized carbons (Fsp3) is 0.367. The molecule has 2 aliphatic rings. The molecule has 2 N–H and O–H groups in total. The molecular formula is C30H33F4N7O3. The van der Waals surface area contributed by atoms with Gasteiger partial charge in [0.15, 0.2) is 5.82 Å². The second kappa shape index (κ2) is 12.7. The van der Waals surface area contributed by atoms with Crippen LogP contribution in [-0.4, -0.2) is 67.7 Å². The van der Waals surface area contributed by atoms with Crippen LogP contribution in [0.4, 0.5) is 46.3 Å². The fourth-order valence-electron chi connectivity index (χ4n) is 5.44. The second-order valence-corrected chi connectivity index (χ2v) is 10.7. The van der Waals surface area contributed by atoms with Gasteiger partial charge in [0.25, 0.3) is 0 Å². The van der Waals surface area contributed by atoms with Crippen LogP contribution in [0, 0.1) is 5.82 Å². The van der Waals surface area contributed by atoms with Gasteiger partial charge < -0.3 is 25.2 Å². The molecule has 2 aliphatic heterocycles. The van der Waals surface area contributed by atoms with Gasteiger partial charge in [0.05, 0.1) is 42.4 Å². The summed E-state index contributed by atoms with van der Waals surface area (Å²) in [5.41, 5.74) is 0.310. The van der Waals surface area contributed by atoms with Crippen LogP contribution in [0.3, 0.4) is 0 Å². The molecule has 0 spiro atoms. The molecule has 1 amide bonds. The highest BCUT2D eigenvalue weighted by Gasteiger charge is 2.38. The molecule has 0 saturated carbocycles. The molecule has 2 atom stereocenters. The summed E-state index contributed by atoms with van der Waals surface area (Å²) in [4.78, 5) is 30.9. The van der Waals surface area contributed by atoms with Crippen molar-refractivity contribution in [3.8, 4) is 5.75 Å². The van der Waals surface area contributed by atoms with Crippen LogP contribution in [0.5, 0.6) is 5.75 Å². The number of hydrogen-bond donors (Lipinski definition) is 2. The number of hydroxylamine groups is 1. The number of carbonyl (C=O) groups is 1. The van der Waals surface area contributed by atoms with E-state index in [0.717, 1.165) is 25.2 Å². The Morgan fingerprint density at radius 1 is 1.18 bits per heavy atom. The second-order valence-electron chi connectivity index (χ2n) is 10.7. The van der Waals surface area contributed by atoms with Crippen LogP contribution in [-0.2, 0) is 15.8 Å². The molecule has 1 aromatic heterocycles. The van der Waals surface area contributed by atoms with Crippen LogP contribution in [0.15, 0.2) is 55.4 Å². The van der Waals surface area contributed by atoms with Crippen molar-refractivity contribution in [1.29, 1.82) is 0 Å². The average Bonchev–Trinajstić information content (AvgIpc) is 3.68. The molecule has 2 saturated heterocycles. The van der Waals surface area contributed by atoms with E-state index in [4.69, 9.17) is 9.57 Å². The number of nitrogens with zero attached hydrogens (tertiary/aromatic N) is 5. The van der Waals surface area contributed by atoms with Crippen LogP contribution in [0.1, 0.15) is 30.0 Å². The maximum atomic E-state index is 15.0. The minimum atomic E-state index is -4.84. The molecule has 0 bridgehead atoms. The number of amides is 1. The lowest BCUT2D eigenvalue weighted by Gasteiger charge is -2.26. The van der Waals surface area contributed by atoms with E-state index in [2.05, 4.69) is 37.0 Å². The maximum absolute atomic E-state index is 15.0. The van der Waals surface area contributed by atoms with Gasteiger partial charge in [0, 0.05) is 43.2 Å². The molecule has 234 valence electrons. The monoisotopic (exact) mass is 615 g/mol. The molecule has 0 aliphatic carbocycles. The molecule has 0 radical (unpaired) electrons. The Balaban J connectivity index is 1.45. The normalized spacial score (nSPS) is 18.5. The Hall–Kier alpha value is -4.43. The molecule has 44 heavy (non-hydrogen) atoms. The predicted molar refractivity (Wildman–Crippen MR) is 159 cm³/mol. The van der Waals surface area contributed by atoms with Gasteiger partial charge in [-0.1, -0.05) is 18.7 Å². The molecule has 5 rings (SSSR count). The predicted octanol–water partition coefficient (Wildman–Crippen LogP) is 5.53. The number of benzene rings is 2. The molecule has 14 heteroatoms. The number of halogens is 4. The SMILES string of the molecule is C=CC(=O)Nc1cc(Nc2cc(N3OCC[C@@H]3c3cccc(C(F)(F)F)c3F)ncn2)c(OC)cc1N1CC[C@@H](N(C)C)C1. The minimum Gasteiger partial charge on any atom is -0.494 e. The Morgan fingerprint density at radius 2 is 1.98 bits per heavy atom. The zero-order chi connectivity index (χ0) is 31.6. The highest BCUT2D eigenvalue weighted by molar-refractivity contribution is 6.02. The zero-order valence-electron chi connectivity index (χ0n) is 24.5. The Kier molecular flexibility index (Phi) is 8.92. The van der Waals surface area contributed by atoms with Crippen molar-refractivity contribution in [2.45, 2.75) is 31.1 Å². The number of anilines is 5. The molecule has 10 nitrogen and oxygen atoms in total. The van der Waals surface area contributed by atoms with Gasteiger partial charge in [-0.2, -0.15) is 13.2 Å². The summed E-state index contributed by atoms with van der Waals surface area (Å²) < 4.78 is 60.9. The van der Waals surface area contributed by atoms with Gasteiger partial charge in [-0.15, -0.1) is 0 Å². The molecule has 2 aromatic carbocycles. The quantitative estimate of drug-likeness (QED) is 0.238. The summed E-state index contributed by atoms with van der Waals surface area (Å²) in [6.45, 7) is 5.26. The summed E-state index contributed by atoms with van der Waals surface area (Å²) in [5, 5.41) is 7.34. The van der Waals surface area contributed by atoms with E-state index in [0.29, 0.717) is 35.1 Å². The van der Waals surface area contributed by atoms with Gasteiger partial charge in [-0.3, -0.25) is 9.63 Å². The number of rotatable bonds is 9. The molecule has 0 unspecified atom stereocenters. The lowest BCUT2D eigenvalue weighted by Crippen LogP contribution is -2.31. The van der Waals surface area contributed by atoms with Gasteiger partial charge in [0.2, 0.25) is 5.91 Å². The Morgan fingerprint density at radius 3 is 2.66 bits per heavy atom. The third-order valence-electron chi connectivity index (χ3n) is 7.73. The molecule has 2 fully saturated rings. The smallest absolute Gasteiger partial charge is 0.419 e. The fourth-order valence-corrected chi connectivity index (χ4v) is 5.44. The highest BCUT2D eigenvalue weighted by atomic mass is 19.4. The van der Waals surface area contributed by atoms with Crippen molar-refractivity contribution in [2.75, 3.05) is 61.5 Å². The van der Waals surface area contributed by atoms with Gasteiger partial charge >= 0.3 is 6.18 Å². The van der Waals surface area contributed by atoms with Gasteiger partial charge in [-0.05, 0) is 38.7 Å². The lowest BCUT2D eigenvalue weighted by atomic mass is 10.0. The minimum absolute atomic E-state index is 0.149. The molecular weight excluding hydrogens is 582 g/mol. The first kappa shape index (κ1) is 31.0. The van der Waals surface area contributed by atoms with Gasteiger partial charge in [0.1, 0.15) is 23.7 Å². The molecule has 3 aromatic rings. The number of alkyl halides is 3. The van der Waals surface area contributed by atoms with Crippen molar-refractivity contribution in [3.05, 3.63) is 72.3 Å². The summed E-state index contributed by atoms with van der Waals surface area (Å²) in [6, 6.07) is 7.78. The van der Waals surface area contributed by atoms with Crippen molar-refractivity contribution < 1.29 is 31.9 Å². The van der Waals surface area contributed by atoms with Crippen LogP contribution in [0.25, 0.3) is 0 Å². The van der Waals surface area contributed by atoms with E-state index >= 15 is 4.39 Å². The van der Waals surface area contributed by atoms with Crippen LogP contribution >= 0.6 is 0 Å². The largest absolute Gasteiger partial charge is 0.494 e. The average molecular weight is 616 g/mol. The standard InChI is InChI=1S/C30H33F4N7O3/c1-5-28(42)38-21-13-22(25(43-4)14-24(21)40-11-9-18(16-40)39(2)3)37-26-15-27(36-17-35-26)41-23(10-12-44-41)19-7-6-8-20(29(19)31)30(32,33)34/h5-8,13-15,17-18,23H,1,9-12,16H2,2-4H3,(H,38,42)(H,35,36,37)/t18-,23-/m1/s1. The summed E-state index contributed by atoms with van der Waals surface area (Å²) in [6.07, 6.45) is -1.19. The first-order valence-electron chi connectivity index (χ1n) is 13.9. The van der Waals surface area contributed by atoms with Crippen LogP contribution in [0.2, 0.25) is 0 Å². The number of methoxy groups -OCH3 is 1. The van der Waals surface area contributed by atoms with E-state index in [-0.39, 0.29) is 30.3 Å². The van der Waals surface area contributed by atoms with Crippen molar-refractivity contribution >= 4 is 34.6 Å². The third-order valence-corrected chi connectivity index (χ3v) is 7.73. The topological polar surface area (TPSA) is 95.1 Å². The van der Waals surface area contributed by atoms with E-state index in [1.807, 2.05) is 20.2 Å². The number of carbonyl (C=O) groups excluding carboxylic acids is 1. The van der Waals surface area contributed by atoms with E-state index < -0.39 is 23.6 Å². The van der Waals surface area contributed by atoms with E-state index in [1.165, 1.54) is 42.8 Å². The number of nitrogens with one attached hydrogen (secondary N) is 2. The number of hydrogen-bond acceptors (Lipinski definition) is 9. The van der Waals surface area contributed by atoms with Crippen LogP contribution < -0.4 is 25.3 Å². The van der Waals surface area contributed by atoms with Crippen molar-refractivity contribution in [2.24, 2.45) is 0 Å². The first-order valence-corrected chi connectivity index (χ1v) is 13.9. The Labute approximate surface area is 252 Å². The van der Waals surface area contributed by atoms with Crippen molar-refractivity contribution in [3.63, 3.8) is 0 Å². The van der Waals surface area contributed by atoms with E-state index in [9.17, 15) is 18.0 Å². The summed E-state index contributed by atoms with van der Waals surface area (Å²) in [7, 11) is 5.59. The summed E-state index contributed by atoms with van der Waals surface area (Å²) >= 11 is 0. The third kappa shape index (κ3) is 6.40. The zero-order valence-corrected chi connectivity index (χ0v) is 24.5. The molecule has 3 heterocycles. The Bertz CT molecular complexity index is 1530. The number of aromatic nitrogens is 2. The first-order chi connectivity index (χ1) is 21.0. The summed E-state index contributed by atoms with van der Waals surface area (Å²) in [5.74, 6) is -0.735. The van der Waals surface area contributed by atoms with Gasteiger partial charge in [-0.25, -0.2) is 19.4 Å². The number of ether oxygens (including phenoxy) is 1. The number of likely N-dealkylation sites (N-methyl/N-ethyl adjacent to an activating group) is 1. The highest BCUT2D eigenvalue weighted by Crippen LogP contribution is 2.42. The lowest BCUT2D eigenvalue weighted by molar-refractivity contribution is -0.140. The van der Waals surface area contributed by atoms with Crippen molar-refractivity contribution in [1.82, 2.24) is 14.9 Å². The maximum Gasteiger partial charge on any atom is 0.419 e.